The molecule has 5 heteroatoms. The third kappa shape index (κ3) is 1.70. The number of rotatable bonds is 1. The van der Waals surface area contributed by atoms with Crippen LogP contribution in [0.4, 0.5) is 0 Å². The van der Waals surface area contributed by atoms with Crippen LogP contribution >= 0.6 is 0 Å². The zero-order chi connectivity index (χ0) is 11.4. The van der Waals surface area contributed by atoms with Crippen molar-refractivity contribution in [1.29, 1.82) is 10.5 Å². The highest BCUT2D eigenvalue weighted by Crippen LogP contribution is 2.19. The van der Waals surface area contributed by atoms with Crippen molar-refractivity contribution in [2.24, 2.45) is 0 Å². The molecule has 16 heavy (non-hydrogen) atoms. The van der Waals surface area contributed by atoms with E-state index >= 15 is 0 Å². The van der Waals surface area contributed by atoms with E-state index in [2.05, 4.69) is 15.0 Å². The summed E-state index contributed by atoms with van der Waals surface area (Å²) in [6.07, 6.45) is 2.73. The van der Waals surface area contributed by atoms with Crippen molar-refractivity contribution in [1.82, 2.24) is 15.0 Å². The Morgan fingerprint density at radius 1 is 1.00 bits per heavy atom. The highest BCUT2D eigenvalue weighted by atomic mass is 15.0. The van der Waals surface area contributed by atoms with Gasteiger partial charge in [-0.15, -0.1) is 0 Å². The predicted octanol–water partition coefficient (Wildman–Crippen LogP) is 1.28. The van der Waals surface area contributed by atoms with Crippen molar-refractivity contribution in [3.8, 4) is 23.5 Å². The van der Waals surface area contributed by atoms with Crippen molar-refractivity contribution in [3.05, 3.63) is 42.0 Å². The van der Waals surface area contributed by atoms with Gasteiger partial charge in [-0.25, -0.2) is 15.0 Å². The van der Waals surface area contributed by atoms with Crippen LogP contribution in [0.25, 0.3) is 11.4 Å². The molecule has 0 bridgehead atoms. The molecule has 0 saturated heterocycles. The molecule has 0 N–H and O–H groups in total. The molecule has 1 aromatic heterocycles. The molecule has 2 aromatic rings. The topological polar surface area (TPSA) is 86.2 Å². The summed E-state index contributed by atoms with van der Waals surface area (Å²) in [5.74, 6) is 0.427. The fourth-order valence-electron chi connectivity index (χ4n) is 1.28. The minimum absolute atomic E-state index is 0.380. The summed E-state index contributed by atoms with van der Waals surface area (Å²) >= 11 is 0. The fraction of sp³-hybridized carbons (Fsp3) is 0. The molecule has 0 aliphatic carbocycles. The van der Waals surface area contributed by atoms with E-state index in [0.29, 0.717) is 22.5 Å². The molecule has 0 unspecified atom stereocenters. The predicted molar refractivity (Wildman–Crippen MR) is 54.7 cm³/mol. The average Bonchev–Trinajstić information content (AvgIpc) is 2.39. The maximum Gasteiger partial charge on any atom is 0.163 e. The lowest BCUT2D eigenvalue weighted by molar-refractivity contribution is 1.05. The molecule has 2 rings (SSSR count). The minimum Gasteiger partial charge on any atom is -0.225 e. The number of nitrogens with zero attached hydrogens (tertiary/aromatic N) is 5. The molecule has 0 spiro atoms. The molecule has 1 aromatic carbocycles. The van der Waals surface area contributed by atoms with Crippen molar-refractivity contribution < 1.29 is 0 Å². The van der Waals surface area contributed by atoms with Gasteiger partial charge in [-0.2, -0.15) is 10.5 Å². The Morgan fingerprint density at radius 3 is 2.38 bits per heavy atom. The van der Waals surface area contributed by atoms with E-state index in [9.17, 15) is 0 Å². The number of aromatic nitrogens is 3. The van der Waals surface area contributed by atoms with E-state index in [-0.39, 0.29) is 0 Å². The van der Waals surface area contributed by atoms with E-state index < -0.39 is 0 Å². The lowest BCUT2D eigenvalue weighted by Gasteiger charge is -2.01. The third-order valence-corrected chi connectivity index (χ3v) is 2.00. The van der Waals surface area contributed by atoms with Gasteiger partial charge < -0.3 is 0 Å². The van der Waals surface area contributed by atoms with Crippen LogP contribution in [0.2, 0.25) is 0 Å². The lowest BCUT2D eigenvalue weighted by atomic mass is 10.0. The molecule has 0 aliphatic rings. The van der Waals surface area contributed by atoms with Crippen LogP contribution in [0, 0.1) is 22.7 Å². The van der Waals surface area contributed by atoms with Crippen LogP contribution in [0.5, 0.6) is 0 Å². The van der Waals surface area contributed by atoms with Crippen molar-refractivity contribution >= 4 is 0 Å². The van der Waals surface area contributed by atoms with Crippen molar-refractivity contribution in [2.45, 2.75) is 0 Å². The number of nitriles is 2. The van der Waals surface area contributed by atoms with E-state index in [1.54, 1.807) is 12.1 Å². The molecule has 0 atom stereocenters. The summed E-state index contributed by atoms with van der Waals surface area (Å²) < 4.78 is 0. The maximum atomic E-state index is 8.97. The summed E-state index contributed by atoms with van der Waals surface area (Å²) in [5.41, 5.74) is 1.42. The highest BCUT2D eigenvalue weighted by molar-refractivity contribution is 5.65. The molecular weight excluding hydrogens is 202 g/mol. The first kappa shape index (κ1) is 9.75. The summed E-state index contributed by atoms with van der Waals surface area (Å²) in [6, 6.07) is 8.79. The van der Waals surface area contributed by atoms with Gasteiger partial charge in [0.1, 0.15) is 12.7 Å². The zero-order valence-corrected chi connectivity index (χ0v) is 8.12. The standard InChI is InChI=1S/C11H5N5/c12-4-8-1-2-10(9(3-8)5-13)11-15-6-14-7-16-11/h1-3,6-7H. The van der Waals surface area contributed by atoms with E-state index in [1.807, 2.05) is 12.1 Å². The molecule has 5 nitrogen and oxygen atoms in total. The van der Waals surface area contributed by atoms with Gasteiger partial charge in [0.2, 0.25) is 0 Å². The Bertz CT molecular complexity index is 592. The molecule has 74 valence electrons. The maximum absolute atomic E-state index is 8.97. The Hall–Kier alpha value is -2.79. The molecular formula is C11H5N5. The molecule has 0 aliphatic heterocycles. The van der Waals surface area contributed by atoms with Crippen molar-refractivity contribution in [2.75, 3.05) is 0 Å². The van der Waals surface area contributed by atoms with Gasteiger partial charge in [0.05, 0.1) is 23.3 Å². The smallest absolute Gasteiger partial charge is 0.163 e. The molecule has 0 saturated carbocycles. The normalized spacial score (nSPS) is 9.12. The summed E-state index contributed by atoms with van der Waals surface area (Å²) in [6.45, 7) is 0. The molecule has 1 heterocycles. The summed E-state index contributed by atoms with van der Waals surface area (Å²) in [4.78, 5) is 11.6. The third-order valence-electron chi connectivity index (χ3n) is 2.00. The fourth-order valence-corrected chi connectivity index (χ4v) is 1.28. The monoisotopic (exact) mass is 207 g/mol. The second-order valence-corrected chi connectivity index (χ2v) is 2.95. The van der Waals surface area contributed by atoms with Crippen LogP contribution in [-0.2, 0) is 0 Å². The molecule has 0 radical (unpaired) electrons. The van der Waals surface area contributed by atoms with E-state index in [1.165, 1.54) is 18.7 Å². The number of hydrogen-bond donors (Lipinski definition) is 0. The van der Waals surface area contributed by atoms with Gasteiger partial charge in [0.25, 0.3) is 0 Å². The highest BCUT2D eigenvalue weighted by Gasteiger charge is 2.07. The number of hydrogen-bond acceptors (Lipinski definition) is 5. The van der Waals surface area contributed by atoms with Crippen LogP contribution in [0.1, 0.15) is 11.1 Å². The summed E-state index contributed by atoms with van der Waals surface area (Å²) in [7, 11) is 0. The summed E-state index contributed by atoms with van der Waals surface area (Å²) in [5, 5.41) is 17.7. The van der Waals surface area contributed by atoms with Gasteiger partial charge in [-0.3, -0.25) is 0 Å². The minimum atomic E-state index is 0.380. The Morgan fingerprint density at radius 2 is 1.75 bits per heavy atom. The zero-order valence-electron chi connectivity index (χ0n) is 8.12. The first-order chi connectivity index (χ1) is 7.85. The van der Waals surface area contributed by atoms with Crippen molar-refractivity contribution in [3.63, 3.8) is 0 Å². The average molecular weight is 207 g/mol. The second kappa shape index (κ2) is 4.16. The van der Waals surface area contributed by atoms with Crippen LogP contribution in [0.3, 0.4) is 0 Å². The molecule has 0 amide bonds. The Kier molecular flexibility index (Phi) is 2.53. The second-order valence-electron chi connectivity index (χ2n) is 2.95. The molecule has 0 fully saturated rings. The van der Waals surface area contributed by atoms with Gasteiger partial charge in [0, 0.05) is 5.56 Å². The first-order valence-corrected chi connectivity index (χ1v) is 4.42. The Labute approximate surface area is 91.7 Å². The van der Waals surface area contributed by atoms with Crippen LogP contribution in [-0.4, -0.2) is 15.0 Å². The van der Waals surface area contributed by atoms with Gasteiger partial charge in [0.15, 0.2) is 5.82 Å². The van der Waals surface area contributed by atoms with Gasteiger partial charge in [-0.1, -0.05) is 0 Å². The van der Waals surface area contributed by atoms with Crippen LogP contribution < -0.4 is 0 Å². The van der Waals surface area contributed by atoms with E-state index in [0.717, 1.165) is 0 Å². The Balaban J connectivity index is 2.60. The van der Waals surface area contributed by atoms with Crippen LogP contribution in [0.15, 0.2) is 30.9 Å². The largest absolute Gasteiger partial charge is 0.225 e. The SMILES string of the molecule is N#Cc1ccc(-c2ncncn2)c(C#N)c1. The van der Waals surface area contributed by atoms with Gasteiger partial charge in [-0.05, 0) is 18.2 Å². The quantitative estimate of drug-likeness (QED) is 0.703. The van der Waals surface area contributed by atoms with Gasteiger partial charge >= 0.3 is 0 Å². The lowest BCUT2D eigenvalue weighted by Crippen LogP contribution is -1.92. The first-order valence-electron chi connectivity index (χ1n) is 4.42. The van der Waals surface area contributed by atoms with E-state index in [4.69, 9.17) is 10.5 Å². The number of benzene rings is 1.